The van der Waals surface area contributed by atoms with Gasteiger partial charge in [-0.2, -0.15) is 0 Å². The second-order valence-electron chi connectivity index (χ2n) is 3.77. The molecule has 0 amide bonds. The number of carbonyl (C=O) groups is 2. The predicted octanol–water partition coefficient (Wildman–Crippen LogP) is 1.84. The summed E-state index contributed by atoms with van der Waals surface area (Å²) < 4.78 is 0. The van der Waals surface area contributed by atoms with Gasteiger partial charge in [0.2, 0.25) is 0 Å². The molecule has 0 heterocycles. The van der Waals surface area contributed by atoms with Gasteiger partial charge in [0.25, 0.3) is 0 Å². The maximum Gasteiger partial charge on any atom is 0.306 e. The van der Waals surface area contributed by atoms with E-state index in [-0.39, 0.29) is 18.3 Å². The highest BCUT2D eigenvalue weighted by Gasteiger charge is 2.28. The van der Waals surface area contributed by atoms with Gasteiger partial charge < -0.3 is 10.2 Å². The summed E-state index contributed by atoms with van der Waals surface area (Å²) in [7, 11) is 0. The Morgan fingerprint density at radius 2 is 1.71 bits per heavy atom. The Labute approximate surface area is 83.9 Å². The molecule has 0 aromatic carbocycles. The molecule has 0 bridgehead atoms. The van der Waals surface area contributed by atoms with Gasteiger partial charge >= 0.3 is 11.9 Å². The molecule has 2 N–H and O–H groups in total. The highest BCUT2D eigenvalue weighted by atomic mass is 16.4. The molecular formula is C10H18O4. The summed E-state index contributed by atoms with van der Waals surface area (Å²) in [5.74, 6) is -2.36. The van der Waals surface area contributed by atoms with Gasteiger partial charge in [0.05, 0.1) is 5.92 Å². The van der Waals surface area contributed by atoms with Gasteiger partial charge in [0.1, 0.15) is 0 Å². The molecule has 0 aliphatic heterocycles. The Morgan fingerprint density at radius 1 is 1.21 bits per heavy atom. The van der Waals surface area contributed by atoms with E-state index in [1.54, 1.807) is 13.8 Å². The molecule has 0 aliphatic carbocycles. The molecule has 0 saturated heterocycles. The monoisotopic (exact) mass is 202 g/mol. The predicted molar refractivity (Wildman–Crippen MR) is 52.0 cm³/mol. The molecule has 3 unspecified atom stereocenters. The summed E-state index contributed by atoms with van der Waals surface area (Å²) in [6.07, 6.45) is 0.734. The third-order valence-corrected chi connectivity index (χ3v) is 2.73. The zero-order valence-electron chi connectivity index (χ0n) is 8.86. The van der Waals surface area contributed by atoms with Crippen LogP contribution in [0, 0.1) is 17.8 Å². The van der Waals surface area contributed by atoms with Crippen LogP contribution < -0.4 is 0 Å². The van der Waals surface area contributed by atoms with E-state index in [0.29, 0.717) is 6.42 Å². The summed E-state index contributed by atoms with van der Waals surface area (Å²) in [5, 5.41) is 17.4. The molecule has 4 nitrogen and oxygen atoms in total. The van der Waals surface area contributed by atoms with E-state index in [0.717, 1.165) is 0 Å². The maximum atomic E-state index is 10.7. The third-order valence-electron chi connectivity index (χ3n) is 2.73. The molecule has 14 heavy (non-hydrogen) atoms. The van der Waals surface area contributed by atoms with E-state index in [4.69, 9.17) is 10.2 Å². The normalized spacial score (nSPS) is 17.1. The fraction of sp³-hybridized carbons (Fsp3) is 0.800. The van der Waals surface area contributed by atoms with Gasteiger partial charge in [-0.05, 0) is 11.8 Å². The fourth-order valence-electron chi connectivity index (χ4n) is 1.86. The molecule has 4 heteroatoms. The standard InChI is InChI=1S/C10H18O4/c1-4-8(7(3)10(13)14)6(2)5-9(11)12/h6-8H,4-5H2,1-3H3,(H,11,12)(H,13,14). The number of carboxylic acid groups (broad SMARTS) is 2. The molecule has 0 rings (SSSR count). The summed E-state index contributed by atoms with van der Waals surface area (Å²) >= 11 is 0. The molecule has 0 fully saturated rings. The summed E-state index contributed by atoms with van der Waals surface area (Å²) in [6.45, 7) is 5.32. The van der Waals surface area contributed by atoms with Crippen molar-refractivity contribution in [2.75, 3.05) is 0 Å². The number of rotatable bonds is 6. The van der Waals surface area contributed by atoms with Crippen LogP contribution in [0.15, 0.2) is 0 Å². The lowest BCUT2D eigenvalue weighted by Crippen LogP contribution is -2.27. The third kappa shape index (κ3) is 3.77. The van der Waals surface area contributed by atoms with Crippen LogP contribution in [-0.4, -0.2) is 22.2 Å². The average molecular weight is 202 g/mol. The molecule has 0 aliphatic rings. The largest absolute Gasteiger partial charge is 0.481 e. The first-order valence-corrected chi connectivity index (χ1v) is 4.84. The highest BCUT2D eigenvalue weighted by Crippen LogP contribution is 2.27. The molecule has 0 aromatic rings. The number of hydrogen-bond donors (Lipinski definition) is 2. The Hall–Kier alpha value is -1.06. The lowest BCUT2D eigenvalue weighted by atomic mass is 9.80. The molecule has 3 atom stereocenters. The van der Waals surface area contributed by atoms with Crippen molar-refractivity contribution in [3.05, 3.63) is 0 Å². The highest BCUT2D eigenvalue weighted by molar-refractivity contribution is 5.70. The van der Waals surface area contributed by atoms with Crippen molar-refractivity contribution in [1.82, 2.24) is 0 Å². The van der Waals surface area contributed by atoms with Crippen molar-refractivity contribution in [3.8, 4) is 0 Å². The molecule has 0 aromatic heterocycles. The Kier molecular flexibility index (Phi) is 5.20. The van der Waals surface area contributed by atoms with Gasteiger partial charge in [0, 0.05) is 6.42 Å². The van der Waals surface area contributed by atoms with Crippen LogP contribution in [0.5, 0.6) is 0 Å². The summed E-state index contributed by atoms with van der Waals surface area (Å²) in [6, 6.07) is 0. The molecule has 0 spiro atoms. The fourth-order valence-corrected chi connectivity index (χ4v) is 1.86. The molecular weight excluding hydrogens is 184 g/mol. The molecule has 0 radical (unpaired) electrons. The second kappa shape index (κ2) is 5.62. The molecule has 0 saturated carbocycles. The van der Waals surface area contributed by atoms with Crippen molar-refractivity contribution >= 4 is 11.9 Å². The average Bonchev–Trinajstić information content (AvgIpc) is 2.03. The van der Waals surface area contributed by atoms with Crippen LogP contribution in [0.25, 0.3) is 0 Å². The van der Waals surface area contributed by atoms with Crippen LogP contribution in [0.2, 0.25) is 0 Å². The number of aliphatic carboxylic acids is 2. The minimum atomic E-state index is -0.867. The zero-order chi connectivity index (χ0) is 11.3. The van der Waals surface area contributed by atoms with Crippen LogP contribution in [0.1, 0.15) is 33.6 Å². The second-order valence-corrected chi connectivity index (χ2v) is 3.77. The van der Waals surface area contributed by atoms with E-state index < -0.39 is 17.9 Å². The first-order valence-electron chi connectivity index (χ1n) is 4.84. The number of carboxylic acids is 2. The summed E-state index contributed by atoms with van der Waals surface area (Å²) in [5.41, 5.74) is 0. The van der Waals surface area contributed by atoms with Crippen LogP contribution in [0.4, 0.5) is 0 Å². The van der Waals surface area contributed by atoms with E-state index in [9.17, 15) is 9.59 Å². The van der Waals surface area contributed by atoms with Gasteiger partial charge in [-0.1, -0.05) is 27.2 Å². The summed E-state index contributed by atoms with van der Waals surface area (Å²) in [4.78, 5) is 21.2. The Balaban J connectivity index is 4.38. The minimum Gasteiger partial charge on any atom is -0.481 e. The van der Waals surface area contributed by atoms with E-state index in [1.165, 1.54) is 0 Å². The van der Waals surface area contributed by atoms with E-state index >= 15 is 0 Å². The maximum absolute atomic E-state index is 10.7. The van der Waals surface area contributed by atoms with Gasteiger partial charge in [-0.15, -0.1) is 0 Å². The Morgan fingerprint density at radius 3 is 2.00 bits per heavy atom. The lowest BCUT2D eigenvalue weighted by Gasteiger charge is -2.24. The van der Waals surface area contributed by atoms with E-state index in [1.807, 2.05) is 6.92 Å². The van der Waals surface area contributed by atoms with E-state index in [2.05, 4.69) is 0 Å². The van der Waals surface area contributed by atoms with Crippen molar-refractivity contribution < 1.29 is 19.8 Å². The number of hydrogen-bond acceptors (Lipinski definition) is 2. The van der Waals surface area contributed by atoms with Crippen LogP contribution in [-0.2, 0) is 9.59 Å². The minimum absolute atomic E-state index is 0.0378. The topological polar surface area (TPSA) is 74.6 Å². The van der Waals surface area contributed by atoms with Crippen molar-refractivity contribution in [3.63, 3.8) is 0 Å². The van der Waals surface area contributed by atoms with Gasteiger partial charge in [-0.3, -0.25) is 9.59 Å². The van der Waals surface area contributed by atoms with Crippen molar-refractivity contribution in [1.29, 1.82) is 0 Å². The smallest absolute Gasteiger partial charge is 0.306 e. The quantitative estimate of drug-likeness (QED) is 0.689. The van der Waals surface area contributed by atoms with Crippen molar-refractivity contribution in [2.45, 2.75) is 33.6 Å². The van der Waals surface area contributed by atoms with Gasteiger partial charge in [0.15, 0.2) is 0 Å². The zero-order valence-corrected chi connectivity index (χ0v) is 8.86. The van der Waals surface area contributed by atoms with Crippen molar-refractivity contribution in [2.24, 2.45) is 17.8 Å². The first kappa shape index (κ1) is 12.9. The first-order chi connectivity index (χ1) is 6.40. The lowest BCUT2D eigenvalue weighted by molar-refractivity contribution is -0.145. The SMILES string of the molecule is CCC(C(C)CC(=O)O)C(C)C(=O)O. The van der Waals surface area contributed by atoms with Gasteiger partial charge in [-0.25, -0.2) is 0 Å². The van der Waals surface area contributed by atoms with Crippen LogP contribution in [0.3, 0.4) is 0 Å². The van der Waals surface area contributed by atoms with Crippen LogP contribution >= 0.6 is 0 Å². The Bertz CT molecular complexity index is 212. The molecule has 82 valence electrons.